The largest absolute Gasteiger partial charge is 0.382 e. The van der Waals surface area contributed by atoms with E-state index in [-0.39, 0.29) is 5.91 Å². The summed E-state index contributed by atoms with van der Waals surface area (Å²) in [7, 11) is 0. The summed E-state index contributed by atoms with van der Waals surface area (Å²) in [5, 5.41) is 6.67. The van der Waals surface area contributed by atoms with Gasteiger partial charge < -0.3 is 20.3 Å². The van der Waals surface area contributed by atoms with Crippen molar-refractivity contribution in [1.29, 1.82) is 0 Å². The second kappa shape index (κ2) is 10.4. The highest BCUT2D eigenvalue weighted by Gasteiger charge is 2.25. The molecule has 1 saturated heterocycles. The lowest BCUT2D eigenvalue weighted by Gasteiger charge is -2.18. The van der Waals surface area contributed by atoms with Gasteiger partial charge in [0.25, 0.3) is 0 Å². The molecule has 0 aromatic carbocycles. The lowest BCUT2D eigenvalue weighted by Crippen LogP contribution is -2.45. The molecule has 6 heteroatoms. The summed E-state index contributed by atoms with van der Waals surface area (Å²) in [5.41, 5.74) is 0. The van der Waals surface area contributed by atoms with E-state index in [4.69, 9.17) is 4.74 Å². The summed E-state index contributed by atoms with van der Waals surface area (Å²) in [4.78, 5) is 18.2. The minimum Gasteiger partial charge on any atom is -0.382 e. The second-order valence-corrected chi connectivity index (χ2v) is 5.13. The molecule has 6 nitrogen and oxygen atoms in total. The highest BCUT2D eigenvalue weighted by molar-refractivity contribution is 5.80. The van der Waals surface area contributed by atoms with Gasteiger partial charge in [-0.15, -0.1) is 0 Å². The second-order valence-electron chi connectivity index (χ2n) is 5.13. The van der Waals surface area contributed by atoms with Crippen molar-refractivity contribution in [3.63, 3.8) is 0 Å². The fourth-order valence-corrected chi connectivity index (χ4v) is 2.34. The Hall–Kier alpha value is -1.30. The van der Waals surface area contributed by atoms with Crippen LogP contribution in [0.25, 0.3) is 0 Å². The highest BCUT2D eigenvalue weighted by Crippen LogP contribution is 2.10. The molecule has 1 amide bonds. The monoisotopic (exact) mass is 298 g/mol. The molecule has 0 radical (unpaired) electrons. The van der Waals surface area contributed by atoms with Gasteiger partial charge in [-0.3, -0.25) is 9.79 Å². The Morgan fingerprint density at radius 1 is 1.38 bits per heavy atom. The predicted octanol–water partition coefficient (Wildman–Crippen LogP) is 0.979. The lowest BCUT2D eigenvalue weighted by atomic mass is 10.3. The van der Waals surface area contributed by atoms with Crippen LogP contribution < -0.4 is 10.6 Å². The molecule has 1 rings (SSSR count). The number of likely N-dealkylation sites (tertiary alicyclic amines) is 1. The molecule has 1 aliphatic rings. The van der Waals surface area contributed by atoms with Crippen LogP contribution in [0.1, 0.15) is 40.0 Å². The van der Waals surface area contributed by atoms with Crippen LogP contribution in [0.15, 0.2) is 4.99 Å². The number of amides is 1. The van der Waals surface area contributed by atoms with Crippen LogP contribution in [0.4, 0.5) is 0 Å². The summed E-state index contributed by atoms with van der Waals surface area (Å²) in [6.45, 7) is 10.7. The van der Waals surface area contributed by atoms with Crippen LogP contribution in [0.5, 0.6) is 0 Å². The van der Waals surface area contributed by atoms with Gasteiger partial charge in [0, 0.05) is 51.9 Å². The third-order valence-corrected chi connectivity index (χ3v) is 3.45. The van der Waals surface area contributed by atoms with E-state index in [0.29, 0.717) is 12.5 Å². The molecule has 1 unspecified atom stereocenters. The molecule has 2 N–H and O–H groups in total. The van der Waals surface area contributed by atoms with Crippen LogP contribution in [0, 0.1) is 0 Å². The standard InChI is InChI=1S/C15H30N4O2/c1-4-14(20)19-10-8-13(12-19)18-15(16-5-2)17-9-7-11-21-6-3/h13H,4-12H2,1-3H3,(H2,16,17,18). The minimum atomic E-state index is 0.234. The number of nitrogens with zero attached hydrogens (tertiary/aromatic N) is 2. The van der Waals surface area contributed by atoms with Gasteiger partial charge in [-0.2, -0.15) is 0 Å². The number of aliphatic imine (C=N–C) groups is 1. The van der Waals surface area contributed by atoms with Crippen molar-refractivity contribution in [2.75, 3.05) is 39.4 Å². The van der Waals surface area contributed by atoms with Crippen LogP contribution in [0.3, 0.4) is 0 Å². The molecule has 0 aliphatic carbocycles. The Labute approximate surface area is 128 Å². The maximum atomic E-state index is 11.7. The van der Waals surface area contributed by atoms with E-state index in [1.54, 1.807) is 0 Å². The van der Waals surface area contributed by atoms with Crippen LogP contribution in [0.2, 0.25) is 0 Å². The van der Waals surface area contributed by atoms with Crippen molar-refractivity contribution in [2.24, 2.45) is 4.99 Å². The number of nitrogens with one attached hydrogen (secondary N) is 2. The number of guanidine groups is 1. The number of hydrogen-bond donors (Lipinski definition) is 2. The molecule has 0 saturated carbocycles. The molecular formula is C15H30N4O2. The zero-order valence-corrected chi connectivity index (χ0v) is 13.7. The van der Waals surface area contributed by atoms with Gasteiger partial charge in [0.1, 0.15) is 0 Å². The van der Waals surface area contributed by atoms with Gasteiger partial charge >= 0.3 is 0 Å². The average molecular weight is 298 g/mol. The molecule has 1 aliphatic heterocycles. The lowest BCUT2D eigenvalue weighted by molar-refractivity contribution is -0.129. The smallest absolute Gasteiger partial charge is 0.222 e. The average Bonchev–Trinajstić information content (AvgIpc) is 2.95. The Morgan fingerprint density at radius 2 is 2.19 bits per heavy atom. The molecule has 1 heterocycles. The predicted molar refractivity (Wildman–Crippen MR) is 85.5 cm³/mol. The fourth-order valence-electron chi connectivity index (χ4n) is 2.34. The number of ether oxygens (including phenoxy) is 1. The van der Waals surface area contributed by atoms with E-state index in [0.717, 1.165) is 58.2 Å². The van der Waals surface area contributed by atoms with E-state index in [9.17, 15) is 4.79 Å². The first-order valence-corrected chi connectivity index (χ1v) is 8.11. The first-order chi connectivity index (χ1) is 10.2. The van der Waals surface area contributed by atoms with E-state index in [1.165, 1.54) is 0 Å². The Bertz CT molecular complexity index is 334. The third kappa shape index (κ3) is 6.80. The number of hydrogen-bond acceptors (Lipinski definition) is 3. The fraction of sp³-hybridized carbons (Fsp3) is 0.867. The maximum Gasteiger partial charge on any atom is 0.222 e. The van der Waals surface area contributed by atoms with Crippen molar-refractivity contribution in [3.05, 3.63) is 0 Å². The zero-order valence-electron chi connectivity index (χ0n) is 13.7. The summed E-state index contributed by atoms with van der Waals surface area (Å²) in [6.07, 6.45) is 2.49. The summed E-state index contributed by atoms with van der Waals surface area (Å²) >= 11 is 0. The van der Waals surface area contributed by atoms with Crippen molar-refractivity contribution >= 4 is 11.9 Å². The van der Waals surface area contributed by atoms with Crippen LogP contribution >= 0.6 is 0 Å². The van der Waals surface area contributed by atoms with Gasteiger partial charge in [-0.05, 0) is 26.7 Å². The van der Waals surface area contributed by atoms with Crippen LogP contribution in [-0.2, 0) is 9.53 Å². The molecule has 1 atom stereocenters. The number of rotatable bonds is 8. The molecule has 1 fully saturated rings. The molecule has 0 spiro atoms. The van der Waals surface area contributed by atoms with Gasteiger partial charge in [-0.1, -0.05) is 6.92 Å². The van der Waals surface area contributed by atoms with Gasteiger partial charge in [-0.25, -0.2) is 0 Å². The van der Waals surface area contributed by atoms with E-state index in [1.807, 2.05) is 18.7 Å². The number of carbonyl (C=O) groups excluding carboxylic acids is 1. The first kappa shape index (κ1) is 17.8. The molecule has 122 valence electrons. The Balaban J connectivity index is 2.36. The van der Waals surface area contributed by atoms with Crippen molar-refractivity contribution in [2.45, 2.75) is 46.1 Å². The molecule has 21 heavy (non-hydrogen) atoms. The minimum absolute atomic E-state index is 0.234. The molecular weight excluding hydrogens is 268 g/mol. The zero-order chi connectivity index (χ0) is 15.5. The topological polar surface area (TPSA) is 66.0 Å². The molecule has 0 aromatic rings. The number of carbonyl (C=O) groups is 1. The van der Waals surface area contributed by atoms with Crippen molar-refractivity contribution in [3.8, 4) is 0 Å². The first-order valence-electron chi connectivity index (χ1n) is 8.11. The van der Waals surface area contributed by atoms with E-state index in [2.05, 4.69) is 22.5 Å². The summed E-state index contributed by atoms with van der Waals surface area (Å²) in [6, 6.07) is 0.296. The highest BCUT2D eigenvalue weighted by atomic mass is 16.5. The maximum absolute atomic E-state index is 11.7. The quantitative estimate of drug-likeness (QED) is 0.398. The summed E-state index contributed by atoms with van der Waals surface area (Å²) < 4.78 is 5.31. The molecule has 0 bridgehead atoms. The van der Waals surface area contributed by atoms with Crippen molar-refractivity contribution < 1.29 is 9.53 Å². The van der Waals surface area contributed by atoms with Gasteiger partial charge in [0.2, 0.25) is 5.91 Å². The van der Waals surface area contributed by atoms with E-state index >= 15 is 0 Å². The van der Waals surface area contributed by atoms with E-state index < -0.39 is 0 Å². The normalized spacial score (nSPS) is 18.9. The molecule has 0 aromatic heterocycles. The Morgan fingerprint density at radius 3 is 2.86 bits per heavy atom. The van der Waals surface area contributed by atoms with Gasteiger partial charge in [0.15, 0.2) is 5.96 Å². The van der Waals surface area contributed by atoms with Gasteiger partial charge in [0.05, 0.1) is 0 Å². The van der Waals surface area contributed by atoms with Crippen molar-refractivity contribution in [1.82, 2.24) is 15.5 Å². The SMILES string of the molecule is CCNC(=NCCCOCC)NC1CCN(C(=O)CC)C1. The third-order valence-electron chi connectivity index (χ3n) is 3.45. The summed E-state index contributed by atoms with van der Waals surface area (Å²) in [5.74, 6) is 1.07. The van der Waals surface area contributed by atoms with Crippen LogP contribution in [-0.4, -0.2) is 62.2 Å². The Kier molecular flexibility index (Phi) is 8.82.